The molecular formula is C18H35NO2. The SMILES string of the molecule is CCNCC1(OC2CC(C)OC(C)C2)CCC(CC)CC1. The van der Waals surface area contributed by atoms with Crippen molar-refractivity contribution in [3.8, 4) is 0 Å². The average Bonchev–Trinajstić information content (AvgIpc) is 2.45. The van der Waals surface area contributed by atoms with Gasteiger partial charge in [-0.3, -0.25) is 0 Å². The lowest BCUT2D eigenvalue weighted by molar-refractivity contribution is -0.169. The third-order valence-corrected chi connectivity index (χ3v) is 5.36. The van der Waals surface area contributed by atoms with Crippen LogP contribution in [-0.2, 0) is 9.47 Å². The minimum Gasteiger partial charge on any atom is -0.375 e. The summed E-state index contributed by atoms with van der Waals surface area (Å²) >= 11 is 0. The Balaban J connectivity index is 1.96. The Morgan fingerprint density at radius 2 is 1.71 bits per heavy atom. The second kappa shape index (κ2) is 7.94. The Labute approximate surface area is 131 Å². The first kappa shape index (κ1) is 17.2. The fraction of sp³-hybridized carbons (Fsp3) is 1.00. The summed E-state index contributed by atoms with van der Waals surface area (Å²) in [5.74, 6) is 0.913. The van der Waals surface area contributed by atoms with Gasteiger partial charge in [0, 0.05) is 6.54 Å². The van der Waals surface area contributed by atoms with E-state index in [0.717, 1.165) is 31.8 Å². The fourth-order valence-electron chi connectivity index (χ4n) is 4.10. The van der Waals surface area contributed by atoms with E-state index in [0.29, 0.717) is 18.3 Å². The van der Waals surface area contributed by atoms with Gasteiger partial charge >= 0.3 is 0 Å². The van der Waals surface area contributed by atoms with Crippen molar-refractivity contribution in [2.75, 3.05) is 13.1 Å². The van der Waals surface area contributed by atoms with Crippen molar-refractivity contribution in [1.82, 2.24) is 5.32 Å². The van der Waals surface area contributed by atoms with Crippen molar-refractivity contribution >= 4 is 0 Å². The molecule has 0 amide bonds. The van der Waals surface area contributed by atoms with E-state index in [9.17, 15) is 0 Å². The molecule has 1 N–H and O–H groups in total. The second-order valence-electron chi connectivity index (χ2n) is 7.28. The van der Waals surface area contributed by atoms with Crippen LogP contribution in [0.5, 0.6) is 0 Å². The van der Waals surface area contributed by atoms with E-state index in [1.165, 1.54) is 32.1 Å². The minimum atomic E-state index is 0.0725. The molecule has 124 valence electrons. The summed E-state index contributed by atoms with van der Waals surface area (Å²) in [4.78, 5) is 0. The largest absolute Gasteiger partial charge is 0.375 e. The number of ether oxygens (including phenoxy) is 2. The van der Waals surface area contributed by atoms with Crippen LogP contribution in [0.4, 0.5) is 0 Å². The smallest absolute Gasteiger partial charge is 0.0810 e. The molecule has 2 aliphatic rings. The first-order valence-electron chi connectivity index (χ1n) is 9.11. The molecule has 0 aromatic heterocycles. The molecule has 3 nitrogen and oxygen atoms in total. The van der Waals surface area contributed by atoms with Crippen molar-refractivity contribution in [2.45, 2.75) is 96.6 Å². The molecule has 1 heterocycles. The van der Waals surface area contributed by atoms with Crippen LogP contribution in [0, 0.1) is 5.92 Å². The third kappa shape index (κ3) is 4.94. The molecule has 1 saturated carbocycles. The normalized spacial score (nSPS) is 41.1. The van der Waals surface area contributed by atoms with Crippen LogP contribution in [0.3, 0.4) is 0 Å². The summed E-state index contributed by atoms with van der Waals surface area (Å²) in [6, 6.07) is 0. The minimum absolute atomic E-state index is 0.0725. The van der Waals surface area contributed by atoms with Gasteiger partial charge in [0.2, 0.25) is 0 Å². The first-order valence-corrected chi connectivity index (χ1v) is 9.11. The van der Waals surface area contributed by atoms with Gasteiger partial charge in [-0.25, -0.2) is 0 Å². The van der Waals surface area contributed by atoms with Crippen LogP contribution < -0.4 is 5.32 Å². The molecule has 2 fully saturated rings. The highest BCUT2D eigenvalue weighted by atomic mass is 16.5. The zero-order chi connectivity index (χ0) is 15.3. The molecule has 2 rings (SSSR count). The molecule has 1 saturated heterocycles. The molecule has 2 unspecified atom stereocenters. The Hall–Kier alpha value is -0.120. The second-order valence-corrected chi connectivity index (χ2v) is 7.28. The monoisotopic (exact) mass is 297 g/mol. The van der Waals surface area contributed by atoms with E-state index in [2.05, 4.69) is 33.0 Å². The molecule has 1 aliphatic heterocycles. The summed E-state index contributed by atoms with van der Waals surface area (Å²) in [6.45, 7) is 10.9. The zero-order valence-electron chi connectivity index (χ0n) is 14.5. The van der Waals surface area contributed by atoms with Gasteiger partial charge in [-0.1, -0.05) is 20.3 Å². The topological polar surface area (TPSA) is 30.5 Å². The number of hydrogen-bond donors (Lipinski definition) is 1. The lowest BCUT2D eigenvalue weighted by Gasteiger charge is -2.44. The number of rotatable bonds is 6. The highest BCUT2D eigenvalue weighted by molar-refractivity contribution is 4.91. The third-order valence-electron chi connectivity index (χ3n) is 5.36. The van der Waals surface area contributed by atoms with Crippen LogP contribution in [-0.4, -0.2) is 37.0 Å². The summed E-state index contributed by atoms with van der Waals surface area (Å²) in [7, 11) is 0. The maximum Gasteiger partial charge on any atom is 0.0810 e. The Bertz CT molecular complexity index is 290. The van der Waals surface area contributed by atoms with E-state index < -0.39 is 0 Å². The average molecular weight is 297 g/mol. The number of nitrogens with one attached hydrogen (secondary N) is 1. The van der Waals surface area contributed by atoms with E-state index >= 15 is 0 Å². The van der Waals surface area contributed by atoms with Crippen molar-refractivity contribution < 1.29 is 9.47 Å². The predicted molar refractivity (Wildman–Crippen MR) is 87.6 cm³/mol. The van der Waals surface area contributed by atoms with E-state index in [1.807, 2.05) is 0 Å². The van der Waals surface area contributed by atoms with Gasteiger partial charge in [0.25, 0.3) is 0 Å². The molecule has 2 atom stereocenters. The Kier molecular flexibility index (Phi) is 6.51. The van der Waals surface area contributed by atoms with E-state index in [4.69, 9.17) is 9.47 Å². The molecule has 0 bridgehead atoms. The zero-order valence-corrected chi connectivity index (χ0v) is 14.5. The van der Waals surface area contributed by atoms with Crippen molar-refractivity contribution in [3.63, 3.8) is 0 Å². The van der Waals surface area contributed by atoms with Gasteiger partial charge in [-0.05, 0) is 64.8 Å². The van der Waals surface area contributed by atoms with E-state index in [-0.39, 0.29) is 5.60 Å². The quantitative estimate of drug-likeness (QED) is 0.806. The molecule has 0 spiro atoms. The molecule has 21 heavy (non-hydrogen) atoms. The molecule has 0 aromatic rings. The lowest BCUT2D eigenvalue weighted by Crippen LogP contribution is -2.50. The fourth-order valence-corrected chi connectivity index (χ4v) is 4.10. The van der Waals surface area contributed by atoms with Crippen molar-refractivity contribution in [3.05, 3.63) is 0 Å². The molecular weight excluding hydrogens is 262 g/mol. The maximum absolute atomic E-state index is 6.71. The predicted octanol–water partition coefficient (Wildman–Crippen LogP) is 3.91. The summed E-state index contributed by atoms with van der Waals surface area (Å²) < 4.78 is 12.6. The number of likely N-dealkylation sites (N-methyl/N-ethyl adjacent to an activating group) is 1. The van der Waals surface area contributed by atoms with Crippen LogP contribution in [0.15, 0.2) is 0 Å². The van der Waals surface area contributed by atoms with Crippen LogP contribution in [0.25, 0.3) is 0 Å². The molecule has 1 aliphatic carbocycles. The number of hydrogen-bond acceptors (Lipinski definition) is 3. The van der Waals surface area contributed by atoms with Gasteiger partial charge in [-0.2, -0.15) is 0 Å². The highest BCUT2D eigenvalue weighted by Gasteiger charge is 2.39. The van der Waals surface area contributed by atoms with Crippen molar-refractivity contribution in [2.24, 2.45) is 5.92 Å². The molecule has 0 radical (unpaired) electrons. The van der Waals surface area contributed by atoms with Crippen molar-refractivity contribution in [1.29, 1.82) is 0 Å². The van der Waals surface area contributed by atoms with Crippen LogP contribution in [0.2, 0.25) is 0 Å². The van der Waals surface area contributed by atoms with Gasteiger partial charge < -0.3 is 14.8 Å². The molecule has 3 heteroatoms. The Morgan fingerprint density at radius 1 is 1.10 bits per heavy atom. The summed E-state index contributed by atoms with van der Waals surface area (Å²) in [5.41, 5.74) is 0.0725. The first-order chi connectivity index (χ1) is 10.1. The lowest BCUT2D eigenvalue weighted by atomic mass is 9.77. The summed E-state index contributed by atoms with van der Waals surface area (Å²) in [6.07, 6.45) is 9.57. The van der Waals surface area contributed by atoms with Gasteiger partial charge in [0.1, 0.15) is 0 Å². The van der Waals surface area contributed by atoms with Crippen LogP contribution in [0.1, 0.15) is 72.6 Å². The van der Waals surface area contributed by atoms with Gasteiger partial charge in [0.15, 0.2) is 0 Å². The standard InChI is InChI=1S/C18H35NO2/c1-5-16-7-9-18(10-8-16,13-19-6-2)21-17-11-14(3)20-15(4)12-17/h14-17,19H,5-13H2,1-4H3. The maximum atomic E-state index is 6.71. The Morgan fingerprint density at radius 3 is 2.24 bits per heavy atom. The van der Waals surface area contributed by atoms with Gasteiger partial charge in [0.05, 0.1) is 23.9 Å². The van der Waals surface area contributed by atoms with Gasteiger partial charge in [-0.15, -0.1) is 0 Å². The van der Waals surface area contributed by atoms with E-state index in [1.54, 1.807) is 0 Å². The highest BCUT2D eigenvalue weighted by Crippen LogP contribution is 2.38. The van der Waals surface area contributed by atoms with Crippen LogP contribution >= 0.6 is 0 Å². The summed E-state index contributed by atoms with van der Waals surface area (Å²) in [5, 5.41) is 3.55. The molecule has 0 aromatic carbocycles.